The maximum Gasteiger partial charge on any atom is 0.504 e. The summed E-state index contributed by atoms with van der Waals surface area (Å²) in [5, 5.41) is 8.48. The maximum absolute atomic E-state index is 8.48. The molecule has 70 valence electrons. The summed E-state index contributed by atoms with van der Waals surface area (Å²) < 4.78 is 10.3. The molecule has 0 amide bonds. The Morgan fingerprint density at radius 3 is 2.15 bits per heavy atom. The van der Waals surface area contributed by atoms with E-state index in [9.17, 15) is 0 Å². The zero-order chi connectivity index (χ0) is 9.68. The maximum atomic E-state index is 8.48. The van der Waals surface area contributed by atoms with Gasteiger partial charge < -0.3 is 14.4 Å². The molecule has 0 saturated carbocycles. The Hall–Kier alpha value is -1.16. The van der Waals surface area contributed by atoms with E-state index in [4.69, 9.17) is 14.4 Å². The lowest BCUT2D eigenvalue weighted by molar-refractivity contribution is 0.242. The minimum Gasteiger partial charge on any atom is -0.539 e. The molecule has 1 aromatic rings. The summed E-state index contributed by atoms with van der Waals surface area (Å²) in [6, 6.07) is 7.14. The normalized spacial score (nSPS) is 9.85. The van der Waals surface area contributed by atoms with Gasteiger partial charge in [0.2, 0.25) is 0 Å². The fourth-order valence-electron chi connectivity index (χ4n) is 0.961. The van der Waals surface area contributed by atoms with Crippen molar-refractivity contribution in [2.24, 2.45) is 0 Å². The predicted molar refractivity (Wildman–Crippen MR) is 52.2 cm³/mol. The molecule has 3 nitrogen and oxygen atoms in total. The van der Waals surface area contributed by atoms with Gasteiger partial charge in [-0.25, -0.2) is 0 Å². The highest BCUT2D eigenvalue weighted by Crippen LogP contribution is 2.17. The van der Waals surface area contributed by atoms with E-state index < -0.39 is 0 Å². The van der Waals surface area contributed by atoms with Crippen molar-refractivity contribution in [3.05, 3.63) is 24.3 Å². The molecule has 13 heavy (non-hydrogen) atoms. The third kappa shape index (κ3) is 3.38. The van der Waals surface area contributed by atoms with Gasteiger partial charge in [-0.15, -0.1) is 0 Å². The second kappa shape index (κ2) is 4.77. The van der Waals surface area contributed by atoms with Crippen molar-refractivity contribution in [1.82, 2.24) is 0 Å². The fraction of sp³-hybridized carbons (Fsp3) is 0.333. The van der Waals surface area contributed by atoms with E-state index >= 15 is 0 Å². The van der Waals surface area contributed by atoms with Crippen LogP contribution in [0.4, 0.5) is 0 Å². The molecule has 1 N–H and O–H groups in total. The fourth-order valence-corrected chi connectivity index (χ4v) is 0.961. The molecule has 0 radical (unpaired) electrons. The van der Waals surface area contributed by atoms with E-state index in [0.29, 0.717) is 5.75 Å². The van der Waals surface area contributed by atoms with Crippen LogP contribution in [0.5, 0.6) is 11.5 Å². The van der Waals surface area contributed by atoms with Gasteiger partial charge in [0.25, 0.3) is 0 Å². The lowest BCUT2D eigenvalue weighted by Crippen LogP contribution is -2.05. The topological polar surface area (TPSA) is 38.7 Å². The van der Waals surface area contributed by atoms with Crippen molar-refractivity contribution >= 4 is 7.69 Å². The van der Waals surface area contributed by atoms with Crippen LogP contribution in [0.25, 0.3) is 0 Å². The molecule has 0 saturated heterocycles. The minimum atomic E-state index is -0.301. The number of hydrogen-bond acceptors (Lipinski definition) is 3. The van der Waals surface area contributed by atoms with Crippen molar-refractivity contribution in [3.8, 4) is 11.5 Å². The molecule has 0 fully saturated rings. The van der Waals surface area contributed by atoms with Crippen molar-refractivity contribution < 1.29 is 14.4 Å². The van der Waals surface area contributed by atoms with Crippen molar-refractivity contribution in [2.75, 3.05) is 0 Å². The van der Waals surface area contributed by atoms with Gasteiger partial charge in [0.05, 0.1) is 6.10 Å². The van der Waals surface area contributed by atoms with E-state index in [1.807, 2.05) is 26.0 Å². The number of benzene rings is 1. The molecule has 1 rings (SSSR count). The zero-order valence-electron chi connectivity index (χ0n) is 7.86. The van der Waals surface area contributed by atoms with Crippen LogP contribution in [0, 0.1) is 0 Å². The molecule has 4 heteroatoms. The molecule has 0 unspecified atom stereocenters. The second-order valence-corrected chi connectivity index (χ2v) is 2.91. The smallest absolute Gasteiger partial charge is 0.504 e. The van der Waals surface area contributed by atoms with Crippen molar-refractivity contribution in [3.63, 3.8) is 0 Å². The SMILES string of the molecule is CC(C)Oc1ccc(OBO)cc1. The van der Waals surface area contributed by atoms with Gasteiger partial charge in [-0.1, -0.05) is 0 Å². The molecule has 0 bridgehead atoms. The third-order valence-electron chi connectivity index (χ3n) is 1.43. The zero-order valence-corrected chi connectivity index (χ0v) is 7.86. The Kier molecular flexibility index (Phi) is 3.64. The summed E-state index contributed by atoms with van der Waals surface area (Å²) in [6.07, 6.45) is 0.171. The predicted octanol–water partition coefficient (Wildman–Crippen LogP) is 1.11. The number of ether oxygens (including phenoxy) is 1. The monoisotopic (exact) mass is 180 g/mol. The first-order valence-corrected chi connectivity index (χ1v) is 4.22. The van der Waals surface area contributed by atoms with Crippen LogP contribution in [-0.4, -0.2) is 18.8 Å². The van der Waals surface area contributed by atoms with Crippen molar-refractivity contribution in [2.45, 2.75) is 20.0 Å². The third-order valence-corrected chi connectivity index (χ3v) is 1.43. The first kappa shape index (κ1) is 9.93. The minimum absolute atomic E-state index is 0.171. The molecule has 0 aliphatic heterocycles. The Bertz CT molecular complexity index is 246. The van der Waals surface area contributed by atoms with Gasteiger partial charge in [0.15, 0.2) is 0 Å². The molecule has 0 atom stereocenters. The molecule has 0 aromatic heterocycles. The summed E-state index contributed by atoms with van der Waals surface area (Å²) in [4.78, 5) is 0. The highest BCUT2D eigenvalue weighted by Gasteiger charge is 1.97. The van der Waals surface area contributed by atoms with Gasteiger partial charge in [0.1, 0.15) is 11.5 Å². The number of rotatable bonds is 4. The second-order valence-electron chi connectivity index (χ2n) is 2.91. The first-order chi connectivity index (χ1) is 6.22. The summed E-state index contributed by atoms with van der Waals surface area (Å²) in [7, 11) is -0.301. The highest BCUT2D eigenvalue weighted by molar-refractivity contribution is 6.17. The van der Waals surface area contributed by atoms with Gasteiger partial charge in [0, 0.05) is 0 Å². The molecule has 0 heterocycles. The number of hydrogen-bond donors (Lipinski definition) is 1. The van der Waals surface area contributed by atoms with Crippen LogP contribution >= 0.6 is 0 Å². The standard InChI is InChI=1S/C9H13BO3/c1-7(2)12-8-3-5-9(6-4-8)13-10-11/h3-7,10-11H,1-2H3. The van der Waals surface area contributed by atoms with Gasteiger partial charge >= 0.3 is 7.69 Å². The molecule has 0 spiro atoms. The van der Waals surface area contributed by atoms with Crippen LogP contribution in [0.1, 0.15) is 13.8 Å². The molecule has 0 aliphatic rings. The Morgan fingerprint density at radius 2 is 1.69 bits per heavy atom. The summed E-state index contributed by atoms with van der Waals surface area (Å²) in [5.74, 6) is 1.44. The Morgan fingerprint density at radius 1 is 1.15 bits per heavy atom. The summed E-state index contributed by atoms with van der Waals surface area (Å²) in [5.41, 5.74) is 0. The molecule has 1 aromatic carbocycles. The lowest BCUT2D eigenvalue weighted by atomic mass is 10.3. The van der Waals surface area contributed by atoms with Crippen LogP contribution in [0.3, 0.4) is 0 Å². The van der Waals surface area contributed by atoms with Crippen LogP contribution in [-0.2, 0) is 0 Å². The van der Waals surface area contributed by atoms with E-state index in [1.165, 1.54) is 0 Å². The Balaban J connectivity index is 2.59. The average molecular weight is 180 g/mol. The van der Waals surface area contributed by atoms with Crippen LogP contribution < -0.4 is 9.39 Å². The van der Waals surface area contributed by atoms with E-state index in [1.54, 1.807) is 12.1 Å². The highest BCUT2D eigenvalue weighted by atomic mass is 16.5. The van der Waals surface area contributed by atoms with Gasteiger partial charge in [-0.05, 0) is 38.1 Å². The van der Waals surface area contributed by atoms with Crippen LogP contribution in [0.15, 0.2) is 24.3 Å². The summed E-state index contributed by atoms with van der Waals surface area (Å²) >= 11 is 0. The van der Waals surface area contributed by atoms with E-state index in [-0.39, 0.29) is 13.8 Å². The van der Waals surface area contributed by atoms with Crippen LogP contribution in [0.2, 0.25) is 0 Å². The van der Waals surface area contributed by atoms with Crippen molar-refractivity contribution in [1.29, 1.82) is 0 Å². The van der Waals surface area contributed by atoms with E-state index in [0.717, 1.165) is 5.75 Å². The average Bonchev–Trinajstić information content (AvgIpc) is 2.08. The largest absolute Gasteiger partial charge is 0.539 e. The molecule has 0 aliphatic carbocycles. The Labute approximate surface area is 78.6 Å². The van der Waals surface area contributed by atoms with Gasteiger partial charge in [-0.2, -0.15) is 0 Å². The molecular formula is C9H13BO3. The van der Waals surface area contributed by atoms with Gasteiger partial charge in [-0.3, -0.25) is 0 Å². The lowest BCUT2D eigenvalue weighted by Gasteiger charge is -2.09. The first-order valence-electron chi connectivity index (χ1n) is 4.22. The summed E-state index contributed by atoms with van der Waals surface area (Å²) in [6.45, 7) is 3.94. The molecular weight excluding hydrogens is 167 g/mol. The quantitative estimate of drug-likeness (QED) is 0.705. The van der Waals surface area contributed by atoms with E-state index in [2.05, 4.69) is 0 Å².